The van der Waals surface area contributed by atoms with E-state index in [-0.39, 0.29) is 32.3 Å². The average Bonchev–Trinajstić information content (AvgIpc) is 2.95. The van der Waals surface area contributed by atoms with Crippen molar-refractivity contribution >= 4 is 70.0 Å². The second-order valence-corrected chi connectivity index (χ2v) is 7.64. The lowest BCUT2D eigenvalue weighted by Crippen LogP contribution is -2.27. The molecule has 0 aliphatic carbocycles. The SMILES string of the molecule is O=C(O)C1=Cc2cccc(NC(=O)c3c(Cl)cncc3Cl)c2N=C(c2cccnc2Cl)N1. The summed E-state index contributed by atoms with van der Waals surface area (Å²) in [6, 6.07) is 8.22. The molecule has 2 aromatic heterocycles. The number of aliphatic carboxylic acids is 1. The van der Waals surface area contributed by atoms with E-state index in [4.69, 9.17) is 34.8 Å². The molecule has 0 atom stereocenters. The van der Waals surface area contributed by atoms with Crippen LogP contribution in [0.1, 0.15) is 21.5 Å². The summed E-state index contributed by atoms with van der Waals surface area (Å²) >= 11 is 18.4. The van der Waals surface area contributed by atoms with Crippen LogP contribution in [0.15, 0.2) is 59.6 Å². The Hall–Kier alpha value is -3.46. The zero-order chi connectivity index (χ0) is 22.8. The van der Waals surface area contributed by atoms with Crippen LogP contribution in [-0.4, -0.2) is 32.8 Å². The minimum atomic E-state index is -1.20. The summed E-state index contributed by atoms with van der Waals surface area (Å²) in [7, 11) is 0. The van der Waals surface area contributed by atoms with Crippen LogP contribution in [0.3, 0.4) is 0 Å². The molecule has 0 radical (unpaired) electrons. The molecule has 0 unspecified atom stereocenters. The number of nitrogens with zero attached hydrogens (tertiary/aromatic N) is 3. The van der Waals surface area contributed by atoms with Gasteiger partial charge in [-0.15, -0.1) is 0 Å². The van der Waals surface area contributed by atoms with Gasteiger partial charge >= 0.3 is 5.97 Å². The number of para-hydroxylation sites is 1. The Kier molecular flexibility index (Phi) is 6.09. The first-order valence-electron chi connectivity index (χ1n) is 9.00. The molecule has 0 spiro atoms. The van der Waals surface area contributed by atoms with Gasteiger partial charge < -0.3 is 15.7 Å². The molecular weight excluding hydrogens is 477 g/mol. The van der Waals surface area contributed by atoms with Gasteiger partial charge in [-0.2, -0.15) is 0 Å². The third-order valence-corrected chi connectivity index (χ3v) is 5.29. The van der Waals surface area contributed by atoms with E-state index >= 15 is 0 Å². The molecule has 3 N–H and O–H groups in total. The van der Waals surface area contributed by atoms with Crippen LogP contribution >= 0.6 is 34.8 Å². The second-order valence-electron chi connectivity index (χ2n) is 6.47. The van der Waals surface area contributed by atoms with Gasteiger partial charge in [-0.1, -0.05) is 46.9 Å². The Morgan fingerprint density at radius 3 is 2.47 bits per heavy atom. The molecule has 0 bridgehead atoms. The number of fused-ring (bicyclic) bond motifs is 1. The first-order valence-corrected chi connectivity index (χ1v) is 10.1. The number of amidine groups is 1. The maximum Gasteiger partial charge on any atom is 0.352 e. The van der Waals surface area contributed by atoms with E-state index < -0.39 is 11.9 Å². The quantitative estimate of drug-likeness (QED) is 0.454. The van der Waals surface area contributed by atoms with E-state index in [0.29, 0.717) is 22.5 Å². The highest BCUT2D eigenvalue weighted by molar-refractivity contribution is 6.40. The van der Waals surface area contributed by atoms with Gasteiger partial charge in [-0.3, -0.25) is 9.78 Å². The van der Waals surface area contributed by atoms with Crippen molar-refractivity contribution in [3.05, 3.63) is 86.5 Å². The maximum absolute atomic E-state index is 12.9. The third-order valence-electron chi connectivity index (χ3n) is 4.42. The summed E-state index contributed by atoms with van der Waals surface area (Å²) in [4.78, 5) is 37.1. The van der Waals surface area contributed by atoms with Crippen molar-refractivity contribution in [2.75, 3.05) is 5.32 Å². The lowest BCUT2D eigenvalue weighted by Gasteiger charge is -2.13. The normalized spacial score (nSPS) is 12.6. The van der Waals surface area contributed by atoms with E-state index in [1.54, 1.807) is 30.3 Å². The summed E-state index contributed by atoms with van der Waals surface area (Å²) in [5.74, 6) is -1.63. The number of amides is 1. The van der Waals surface area contributed by atoms with E-state index in [0.717, 1.165) is 0 Å². The van der Waals surface area contributed by atoms with E-state index in [2.05, 4.69) is 25.6 Å². The smallest absolute Gasteiger partial charge is 0.352 e. The molecule has 160 valence electrons. The van der Waals surface area contributed by atoms with Crippen LogP contribution in [0.2, 0.25) is 15.2 Å². The van der Waals surface area contributed by atoms with Crippen LogP contribution < -0.4 is 10.6 Å². The first kappa shape index (κ1) is 21.8. The van der Waals surface area contributed by atoms with Gasteiger partial charge in [0.2, 0.25) is 0 Å². The van der Waals surface area contributed by atoms with Crippen molar-refractivity contribution in [3.63, 3.8) is 0 Å². The van der Waals surface area contributed by atoms with Crippen molar-refractivity contribution in [1.82, 2.24) is 15.3 Å². The summed E-state index contributed by atoms with van der Waals surface area (Å²) in [6.45, 7) is 0. The summed E-state index contributed by atoms with van der Waals surface area (Å²) in [5.41, 5.74) is 1.37. The number of rotatable bonds is 4. The second kappa shape index (κ2) is 8.96. The molecule has 3 heterocycles. The Morgan fingerprint density at radius 1 is 1.03 bits per heavy atom. The highest BCUT2D eigenvalue weighted by atomic mass is 35.5. The first-order chi connectivity index (χ1) is 15.3. The molecule has 1 amide bonds. The predicted molar refractivity (Wildman–Crippen MR) is 123 cm³/mol. The number of hydrogen-bond acceptors (Lipinski definition) is 6. The lowest BCUT2D eigenvalue weighted by molar-refractivity contribution is -0.132. The number of carboxylic acid groups (broad SMARTS) is 1. The number of hydrogen-bond donors (Lipinski definition) is 3. The number of carbonyl (C=O) groups is 2. The molecule has 1 aromatic carbocycles. The van der Waals surface area contributed by atoms with Crippen molar-refractivity contribution in [2.45, 2.75) is 0 Å². The molecular formula is C21H12Cl3N5O3. The lowest BCUT2D eigenvalue weighted by atomic mass is 10.1. The van der Waals surface area contributed by atoms with Crippen molar-refractivity contribution < 1.29 is 14.7 Å². The zero-order valence-electron chi connectivity index (χ0n) is 15.9. The molecule has 4 rings (SSSR count). The number of carbonyl (C=O) groups excluding carboxylic acids is 1. The highest BCUT2D eigenvalue weighted by Crippen LogP contribution is 2.35. The highest BCUT2D eigenvalue weighted by Gasteiger charge is 2.22. The standard InChI is InChI=1S/C21H12Cl3N5O3/c22-12-8-25-9-13(23)16(12)20(30)28-14-5-1-3-10-7-15(21(31)32)27-19(29-17(10)14)11-4-2-6-26-18(11)24/h1-9H,(H,27,29)(H,28,30)(H,31,32). The fraction of sp³-hybridized carbons (Fsp3) is 0. The number of halogens is 3. The van der Waals surface area contributed by atoms with Crippen molar-refractivity contribution in [1.29, 1.82) is 0 Å². The largest absolute Gasteiger partial charge is 0.477 e. The third kappa shape index (κ3) is 4.29. The molecule has 1 aliphatic heterocycles. The number of aromatic nitrogens is 2. The Balaban J connectivity index is 1.85. The molecule has 32 heavy (non-hydrogen) atoms. The molecule has 8 nitrogen and oxygen atoms in total. The topological polar surface area (TPSA) is 117 Å². The fourth-order valence-electron chi connectivity index (χ4n) is 2.98. The molecule has 11 heteroatoms. The number of anilines is 1. The van der Waals surface area contributed by atoms with Gasteiger partial charge in [-0.25, -0.2) is 14.8 Å². The molecule has 0 saturated carbocycles. The van der Waals surface area contributed by atoms with Crippen molar-refractivity contribution in [3.8, 4) is 0 Å². The van der Waals surface area contributed by atoms with Crippen molar-refractivity contribution in [2.24, 2.45) is 4.99 Å². The fourth-order valence-corrected chi connectivity index (χ4v) is 3.73. The molecule has 1 aliphatic rings. The van der Waals surface area contributed by atoms with Crippen LogP contribution in [0.5, 0.6) is 0 Å². The minimum Gasteiger partial charge on any atom is -0.477 e. The minimum absolute atomic E-state index is 0.0500. The van der Waals surface area contributed by atoms with Crippen LogP contribution in [0.4, 0.5) is 11.4 Å². The van der Waals surface area contributed by atoms with E-state index in [9.17, 15) is 14.7 Å². The van der Waals surface area contributed by atoms with Gasteiger partial charge in [0.1, 0.15) is 16.7 Å². The van der Waals surface area contributed by atoms with E-state index in [1.165, 1.54) is 24.7 Å². The van der Waals surface area contributed by atoms with Crippen LogP contribution in [0, 0.1) is 0 Å². The van der Waals surface area contributed by atoms with Crippen LogP contribution in [0.25, 0.3) is 6.08 Å². The number of nitrogens with one attached hydrogen (secondary N) is 2. The maximum atomic E-state index is 12.9. The number of benzene rings is 1. The van der Waals surface area contributed by atoms with Gasteiger partial charge in [0.05, 0.1) is 32.5 Å². The average molecular weight is 489 g/mol. The zero-order valence-corrected chi connectivity index (χ0v) is 18.2. The van der Waals surface area contributed by atoms with Crippen LogP contribution in [-0.2, 0) is 4.79 Å². The molecule has 0 saturated heterocycles. The Morgan fingerprint density at radius 2 is 1.78 bits per heavy atom. The van der Waals surface area contributed by atoms with Gasteiger partial charge in [0, 0.05) is 24.2 Å². The Bertz CT molecular complexity index is 1300. The number of aliphatic imine (C=N–C) groups is 1. The predicted octanol–water partition coefficient (Wildman–Crippen LogP) is 4.80. The summed E-state index contributed by atoms with van der Waals surface area (Å²) < 4.78 is 0. The van der Waals surface area contributed by atoms with Gasteiger partial charge in [-0.05, 0) is 24.3 Å². The van der Waals surface area contributed by atoms with Gasteiger partial charge in [0.25, 0.3) is 5.91 Å². The van der Waals surface area contributed by atoms with E-state index in [1.807, 2.05) is 0 Å². The monoisotopic (exact) mass is 487 g/mol. The number of pyridine rings is 2. The Labute approximate surface area is 196 Å². The van der Waals surface area contributed by atoms with Gasteiger partial charge in [0.15, 0.2) is 0 Å². The summed E-state index contributed by atoms with van der Waals surface area (Å²) in [6.07, 6.45) is 5.51. The number of carboxylic acids is 1. The molecule has 3 aromatic rings. The molecule has 0 fully saturated rings. The summed E-state index contributed by atoms with van der Waals surface area (Å²) in [5, 5.41) is 15.4.